The summed E-state index contributed by atoms with van der Waals surface area (Å²) in [4.78, 5) is 14.5. The number of aldehydes is 1. The molecule has 2 rings (SSSR count). The van der Waals surface area contributed by atoms with Gasteiger partial charge in [-0.25, -0.2) is 9.50 Å². The molecule has 0 radical (unpaired) electrons. The Kier molecular flexibility index (Phi) is 1.40. The third-order valence-corrected chi connectivity index (χ3v) is 1.60. The number of aryl methyl sites for hydroxylation is 1. The predicted molar refractivity (Wildman–Crippen MR) is 43.1 cm³/mol. The van der Waals surface area contributed by atoms with Crippen molar-refractivity contribution in [1.29, 1.82) is 0 Å². The molecule has 0 aromatic carbocycles. The van der Waals surface area contributed by atoms with E-state index in [1.807, 2.05) is 6.92 Å². The molecule has 0 saturated carbocycles. The van der Waals surface area contributed by atoms with Crippen molar-refractivity contribution in [2.75, 3.05) is 0 Å². The molecule has 4 heteroatoms. The highest BCUT2D eigenvalue weighted by atomic mass is 16.1. The highest BCUT2D eigenvalue weighted by Gasteiger charge is 1.98. The number of carbonyl (C=O) groups excluding carboxylic acids is 1. The van der Waals surface area contributed by atoms with E-state index in [0.29, 0.717) is 17.0 Å². The molecule has 0 N–H and O–H groups in total. The summed E-state index contributed by atoms with van der Waals surface area (Å²) in [6.07, 6.45) is 2.52. The summed E-state index contributed by atoms with van der Waals surface area (Å²) in [5.41, 5.74) is 1.33. The second-order valence-corrected chi connectivity index (χ2v) is 2.54. The van der Waals surface area contributed by atoms with Gasteiger partial charge in [-0.15, -0.1) is 0 Å². The lowest BCUT2D eigenvalue weighted by Crippen LogP contribution is -1.88. The largest absolute Gasteiger partial charge is 0.298 e. The molecular weight excluding hydrogens is 154 g/mol. The van der Waals surface area contributed by atoms with Gasteiger partial charge in [0.1, 0.15) is 12.1 Å². The maximum atomic E-state index is 10.4. The second kappa shape index (κ2) is 2.41. The van der Waals surface area contributed by atoms with Crippen molar-refractivity contribution in [3.63, 3.8) is 0 Å². The van der Waals surface area contributed by atoms with Crippen molar-refractivity contribution in [3.8, 4) is 0 Å². The van der Waals surface area contributed by atoms with E-state index < -0.39 is 0 Å². The van der Waals surface area contributed by atoms with Crippen LogP contribution in [0.5, 0.6) is 0 Å². The summed E-state index contributed by atoms with van der Waals surface area (Å²) >= 11 is 0. The highest BCUT2D eigenvalue weighted by molar-refractivity contribution is 5.76. The topological polar surface area (TPSA) is 47.3 Å². The first-order chi connectivity index (χ1) is 5.79. The van der Waals surface area contributed by atoms with Gasteiger partial charge in [-0.2, -0.15) is 5.10 Å². The molecule has 0 aliphatic rings. The Morgan fingerprint density at radius 3 is 3.17 bits per heavy atom. The van der Waals surface area contributed by atoms with Gasteiger partial charge in [0.15, 0.2) is 5.65 Å². The first-order valence-corrected chi connectivity index (χ1v) is 3.58. The fourth-order valence-electron chi connectivity index (χ4n) is 1.08. The van der Waals surface area contributed by atoms with Crippen molar-refractivity contribution in [2.24, 2.45) is 0 Å². The van der Waals surface area contributed by atoms with Crippen LogP contribution in [0.2, 0.25) is 0 Å². The molecule has 0 bridgehead atoms. The average molecular weight is 161 g/mol. The normalized spacial score (nSPS) is 10.4. The summed E-state index contributed by atoms with van der Waals surface area (Å²) in [7, 11) is 0. The van der Waals surface area contributed by atoms with Gasteiger partial charge in [0, 0.05) is 11.8 Å². The number of rotatable bonds is 1. The van der Waals surface area contributed by atoms with Crippen molar-refractivity contribution in [1.82, 2.24) is 14.6 Å². The summed E-state index contributed by atoms with van der Waals surface area (Å²) in [5.74, 6) is 0.707. The van der Waals surface area contributed by atoms with E-state index in [1.165, 1.54) is 0 Å². The molecule has 0 unspecified atom stereocenters. The van der Waals surface area contributed by atoms with Crippen molar-refractivity contribution in [2.45, 2.75) is 6.92 Å². The van der Waals surface area contributed by atoms with Crippen LogP contribution >= 0.6 is 0 Å². The van der Waals surface area contributed by atoms with Gasteiger partial charge in [0.2, 0.25) is 0 Å². The average Bonchev–Trinajstić information content (AvgIpc) is 2.43. The van der Waals surface area contributed by atoms with Crippen LogP contribution in [0.3, 0.4) is 0 Å². The van der Waals surface area contributed by atoms with Crippen molar-refractivity contribution in [3.05, 3.63) is 29.7 Å². The van der Waals surface area contributed by atoms with E-state index >= 15 is 0 Å². The first kappa shape index (κ1) is 6.97. The number of hydrogen-bond donors (Lipinski definition) is 0. The number of pyridine rings is 1. The second-order valence-electron chi connectivity index (χ2n) is 2.54. The van der Waals surface area contributed by atoms with Crippen LogP contribution in [-0.4, -0.2) is 20.9 Å². The molecule has 0 saturated heterocycles. The van der Waals surface area contributed by atoms with E-state index in [9.17, 15) is 4.79 Å². The first-order valence-electron chi connectivity index (χ1n) is 3.58. The maximum absolute atomic E-state index is 10.4. The quantitative estimate of drug-likeness (QED) is 0.582. The molecule has 0 spiro atoms. The molecule has 0 amide bonds. The number of aromatic nitrogens is 3. The Morgan fingerprint density at radius 2 is 2.42 bits per heavy atom. The molecular formula is C8H7N3O. The Labute approximate surface area is 68.8 Å². The number of fused-ring (bicyclic) bond motifs is 1. The zero-order chi connectivity index (χ0) is 8.55. The minimum absolute atomic E-state index is 0.620. The van der Waals surface area contributed by atoms with E-state index in [-0.39, 0.29) is 0 Å². The summed E-state index contributed by atoms with van der Waals surface area (Å²) in [6, 6.07) is 3.40. The Morgan fingerprint density at radius 1 is 1.58 bits per heavy atom. The van der Waals surface area contributed by atoms with Gasteiger partial charge in [-0.05, 0) is 19.1 Å². The van der Waals surface area contributed by atoms with Crippen molar-refractivity contribution >= 4 is 11.9 Å². The Balaban J connectivity index is 2.74. The third kappa shape index (κ3) is 0.972. The smallest absolute Gasteiger partial charge is 0.156 e. The van der Waals surface area contributed by atoms with Crippen LogP contribution in [0.1, 0.15) is 16.2 Å². The van der Waals surface area contributed by atoms with Crippen LogP contribution in [0.25, 0.3) is 5.65 Å². The van der Waals surface area contributed by atoms with Crippen LogP contribution < -0.4 is 0 Å². The molecule has 0 aliphatic heterocycles. The highest BCUT2D eigenvalue weighted by Crippen LogP contribution is 2.02. The molecule has 0 aliphatic carbocycles. The molecule has 0 fully saturated rings. The lowest BCUT2D eigenvalue weighted by Gasteiger charge is -1.90. The summed E-state index contributed by atoms with van der Waals surface area (Å²) in [6.45, 7) is 1.81. The van der Waals surface area contributed by atoms with Gasteiger partial charge in [0.25, 0.3) is 0 Å². The van der Waals surface area contributed by atoms with Gasteiger partial charge < -0.3 is 0 Å². The van der Waals surface area contributed by atoms with Gasteiger partial charge in [0.05, 0.1) is 0 Å². The monoisotopic (exact) mass is 161 g/mol. The lowest BCUT2D eigenvalue weighted by atomic mass is 10.3. The molecule has 0 atom stereocenters. The molecule has 12 heavy (non-hydrogen) atoms. The number of carbonyl (C=O) groups is 1. The zero-order valence-corrected chi connectivity index (χ0v) is 6.56. The molecule has 4 nitrogen and oxygen atoms in total. The molecule has 2 heterocycles. The summed E-state index contributed by atoms with van der Waals surface area (Å²) < 4.78 is 1.64. The fraction of sp³-hybridized carbons (Fsp3) is 0.125. The number of hydrogen-bond acceptors (Lipinski definition) is 3. The zero-order valence-electron chi connectivity index (χ0n) is 6.56. The van der Waals surface area contributed by atoms with E-state index in [2.05, 4.69) is 10.1 Å². The van der Waals surface area contributed by atoms with Crippen LogP contribution in [0.4, 0.5) is 0 Å². The van der Waals surface area contributed by atoms with Crippen LogP contribution in [-0.2, 0) is 0 Å². The van der Waals surface area contributed by atoms with E-state index in [0.717, 1.165) is 6.29 Å². The number of nitrogens with zero attached hydrogens (tertiary/aromatic N) is 3. The van der Waals surface area contributed by atoms with Crippen LogP contribution in [0, 0.1) is 6.92 Å². The minimum atomic E-state index is 0.620. The van der Waals surface area contributed by atoms with E-state index in [1.54, 1.807) is 22.8 Å². The van der Waals surface area contributed by atoms with Crippen LogP contribution in [0.15, 0.2) is 18.3 Å². The summed E-state index contributed by atoms with van der Waals surface area (Å²) in [5, 5.41) is 4.08. The lowest BCUT2D eigenvalue weighted by molar-refractivity contribution is 0.112. The van der Waals surface area contributed by atoms with Gasteiger partial charge in [-0.3, -0.25) is 4.79 Å². The van der Waals surface area contributed by atoms with Crippen molar-refractivity contribution < 1.29 is 4.79 Å². The SMILES string of the molecule is Cc1nc2cc(C=O)ccn2n1. The molecule has 2 aromatic heterocycles. The standard InChI is InChI=1S/C8H7N3O/c1-6-9-8-4-7(5-12)2-3-11(8)10-6/h2-5H,1H3. The Hall–Kier alpha value is -1.71. The van der Waals surface area contributed by atoms with E-state index in [4.69, 9.17) is 0 Å². The predicted octanol–water partition coefficient (Wildman–Crippen LogP) is 0.850. The fourth-order valence-corrected chi connectivity index (χ4v) is 1.08. The molecule has 60 valence electrons. The molecule has 2 aromatic rings. The van der Waals surface area contributed by atoms with Gasteiger partial charge in [-0.1, -0.05) is 0 Å². The van der Waals surface area contributed by atoms with Gasteiger partial charge >= 0.3 is 0 Å². The third-order valence-electron chi connectivity index (χ3n) is 1.60. The maximum Gasteiger partial charge on any atom is 0.156 e. The Bertz CT molecular complexity index is 433. The minimum Gasteiger partial charge on any atom is -0.298 e.